The van der Waals surface area contributed by atoms with Gasteiger partial charge in [0.1, 0.15) is 11.2 Å². The molecule has 0 bridgehead atoms. The molecule has 9 aromatic carbocycles. The third-order valence-corrected chi connectivity index (χ3v) is 13.3. The summed E-state index contributed by atoms with van der Waals surface area (Å²) in [6.07, 6.45) is 0. The van der Waals surface area contributed by atoms with Crippen molar-refractivity contribution >= 4 is 86.0 Å². The summed E-state index contributed by atoms with van der Waals surface area (Å²) < 4.78 is 11.6. The zero-order valence-electron chi connectivity index (χ0n) is 32.6. The summed E-state index contributed by atoms with van der Waals surface area (Å²) in [6, 6.07) is 68.5. The van der Waals surface area contributed by atoms with Crippen molar-refractivity contribution in [3.63, 3.8) is 0 Å². The highest BCUT2D eigenvalue weighted by Gasteiger charge is 2.22. The minimum absolute atomic E-state index is 0.597. The Labute approximate surface area is 353 Å². The summed E-state index contributed by atoms with van der Waals surface area (Å²) in [5, 5.41) is 9.41. The van der Waals surface area contributed by atoms with E-state index in [4.69, 9.17) is 19.4 Å². The lowest BCUT2D eigenvalue weighted by atomic mass is 9.97. The van der Waals surface area contributed by atoms with Crippen LogP contribution in [0.1, 0.15) is 0 Å². The Balaban J connectivity index is 1.11. The molecule has 0 N–H and O–H groups in total. The van der Waals surface area contributed by atoms with Crippen LogP contribution < -0.4 is 0 Å². The van der Waals surface area contributed by atoms with E-state index in [-0.39, 0.29) is 0 Å². The van der Waals surface area contributed by atoms with Gasteiger partial charge in [-0.15, -0.1) is 11.3 Å². The first-order valence-corrected chi connectivity index (χ1v) is 21.2. The second kappa shape index (κ2) is 13.3. The van der Waals surface area contributed by atoms with Crippen molar-refractivity contribution in [1.82, 2.24) is 19.5 Å². The van der Waals surface area contributed by atoms with E-state index in [1.165, 1.54) is 37.0 Å². The largest absolute Gasteiger partial charge is 0.455 e. The van der Waals surface area contributed by atoms with Gasteiger partial charge >= 0.3 is 0 Å². The summed E-state index contributed by atoms with van der Waals surface area (Å²) in [4.78, 5) is 15.7. The van der Waals surface area contributed by atoms with Crippen LogP contribution in [-0.2, 0) is 0 Å². The number of benzene rings is 9. The zero-order valence-corrected chi connectivity index (χ0v) is 33.4. The number of rotatable bonds is 5. The van der Waals surface area contributed by atoms with Crippen LogP contribution in [0.15, 0.2) is 199 Å². The lowest BCUT2D eigenvalue weighted by Crippen LogP contribution is -2.02. The highest BCUT2D eigenvalue weighted by atomic mass is 32.1. The second-order valence-corrected chi connectivity index (χ2v) is 16.6. The van der Waals surface area contributed by atoms with Gasteiger partial charge in [0.25, 0.3) is 0 Å². The van der Waals surface area contributed by atoms with E-state index < -0.39 is 0 Å². The number of hydrogen-bond acceptors (Lipinski definition) is 5. The molecule has 0 saturated carbocycles. The molecule has 0 unspecified atom stereocenters. The number of hydrogen-bond donors (Lipinski definition) is 0. The predicted octanol–water partition coefficient (Wildman–Crippen LogP) is 15.1. The third kappa shape index (κ3) is 5.29. The minimum Gasteiger partial charge on any atom is -0.455 e. The number of thiophene rings is 1. The normalized spacial score (nSPS) is 11.9. The van der Waals surface area contributed by atoms with E-state index in [1.54, 1.807) is 11.3 Å². The van der Waals surface area contributed by atoms with Crippen molar-refractivity contribution in [2.24, 2.45) is 0 Å². The maximum absolute atomic E-state index is 6.76. The molecule has 6 heteroatoms. The predicted molar refractivity (Wildman–Crippen MR) is 254 cm³/mol. The number of furan rings is 1. The fraction of sp³-hybridized carbons (Fsp3) is 0. The first kappa shape index (κ1) is 34.0. The van der Waals surface area contributed by atoms with E-state index >= 15 is 0 Å². The highest BCUT2D eigenvalue weighted by molar-refractivity contribution is 7.26. The summed E-state index contributed by atoms with van der Waals surface area (Å²) in [7, 11) is 0. The third-order valence-electron chi connectivity index (χ3n) is 12.0. The van der Waals surface area contributed by atoms with E-state index in [1.807, 2.05) is 30.3 Å². The molecule has 0 aliphatic heterocycles. The van der Waals surface area contributed by atoms with Crippen molar-refractivity contribution in [3.05, 3.63) is 194 Å². The molecule has 0 aliphatic carbocycles. The van der Waals surface area contributed by atoms with Crippen LogP contribution in [-0.4, -0.2) is 19.5 Å². The molecule has 284 valence electrons. The van der Waals surface area contributed by atoms with Crippen LogP contribution in [0.4, 0.5) is 0 Å². The number of para-hydroxylation sites is 3. The van der Waals surface area contributed by atoms with Gasteiger partial charge in [-0.3, -0.25) is 0 Å². The Hall–Kier alpha value is -7.93. The first-order chi connectivity index (χ1) is 30.2. The summed E-state index contributed by atoms with van der Waals surface area (Å²) in [5.74, 6) is 1.86. The van der Waals surface area contributed by atoms with Crippen LogP contribution in [0.5, 0.6) is 0 Å². The molecule has 61 heavy (non-hydrogen) atoms. The maximum atomic E-state index is 6.76. The smallest absolute Gasteiger partial charge is 0.165 e. The number of nitrogens with zero attached hydrogens (tertiary/aromatic N) is 4. The Kier molecular flexibility index (Phi) is 7.41. The fourth-order valence-electron chi connectivity index (χ4n) is 9.22. The molecule has 13 aromatic rings. The Morgan fingerprint density at radius 2 is 1.05 bits per heavy atom. The molecule has 5 nitrogen and oxygen atoms in total. The van der Waals surface area contributed by atoms with E-state index in [9.17, 15) is 0 Å². The van der Waals surface area contributed by atoms with E-state index in [0.29, 0.717) is 17.5 Å². The SMILES string of the molecule is c1ccc(-c2nc(-c3ccc(-n4c5ccccc5c5cc6ccccc6cc54)c(-c4cccc5c4oc4ccccc45)c3)nc(-c3cccc4c3sc3ccccc34)n2)cc1. The molecule has 0 spiro atoms. The van der Waals surface area contributed by atoms with Crippen LogP contribution in [0.2, 0.25) is 0 Å². The monoisotopic (exact) mass is 796 g/mol. The van der Waals surface area contributed by atoms with Gasteiger partial charge in [-0.25, -0.2) is 15.0 Å². The van der Waals surface area contributed by atoms with Gasteiger partial charge in [-0.2, -0.15) is 0 Å². The average molecular weight is 797 g/mol. The van der Waals surface area contributed by atoms with Crippen molar-refractivity contribution in [3.8, 4) is 51.0 Å². The molecule has 0 atom stereocenters. The standard InChI is InChI=1S/C55H32N4OS/c1-2-14-33(15-3-1)53-56-54(58-55(57-53)43-24-13-23-42-39-20-8-11-27-50(39)61-52(42)43)36-28-29-47(45(31-36)41-22-12-21-40-38-19-7-10-26-49(38)60-51(40)41)59-46-25-9-6-18-37(46)44-30-34-16-4-5-17-35(34)32-48(44)59/h1-32H. The van der Waals surface area contributed by atoms with Gasteiger partial charge in [0.2, 0.25) is 0 Å². The van der Waals surface area contributed by atoms with Crippen molar-refractivity contribution < 1.29 is 4.42 Å². The second-order valence-electron chi connectivity index (χ2n) is 15.5. The fourth-order valence-corrected chi connectivity index (χ4v) is 10.4. The zero-order chi connectivity index (χ0) is 40.0. The molecule has 13 rings (SSSR count). The Bertz CT molecular complexity index is 3900. The number of fused-ring (bicyclic) bond motifs is 10. The van der Waals surface area contributed by atoms with Crippen molar-refractivity contribution in [2.75, 3.05) is 0 Å². The average Bonchev–Trinajstić information content (AvgIpc) is 4.00. The minimum atomic E-state index is 0.597. The van der Waals surface area contributed by atoms with Gasteiger partial charge in [-0.05, 0) is 65.4 Å². The number of aromatic nitrogens is 4. The molecule has 0 amide bonds. The maximum Gasteiger partial charge on any atom is 0.165 e. The molecule has 0 fully saturated rings. The van der Waals surface area contributed by atoms with Crippen molar-refractivity contribution in [1.29, 1.82) is 0 Å². The molecular weight excluding hydrogens is 765 g/mol. The van der Waals surface area contributed by atoms with E-state index in [0.717, 1.165) is 71.2 Å². The van der Waals surface area contributed by atoms with Gasteiger partial charge in [0.05, 0.1) is 16.7 Å². The van der Waals surface area contributed by atoms with Gasteiger partial charge < -0.3 is 8.98 Å². The Morgan fingerprint density at radius 3 is 1.92 bits per heavy atom. The Morgan fingerprint density at radius 1 is 0.393 bits per heavy atom. The van der Waals surface area contributed by atoms with Crippen LogP contribution in [0.25, 0.3) is 126 Å². The van der Waals surface area contributed by atoms with Gasteiger partial charge in [0, 0.05) is 69.5 Å². The van der Waals surface area contributed by atoms with Crippen LogP contribution in [0, 0.1) is 0 Å². The summed E-state index contributed by atoms with van der Waals surface area (Å²) >= 11 is 1.78. The lowest BCUT2D eigenvalue weighted by Gasteiger charge is -2.17. The van der Waals surface area contributed by atoms with E-state index in [2.05, 4.69) is 168 Å². The molecule has 0 radical (unpaired) electrons. The molecule has 4 heterocycles. The van der Waals surface area contributed by atoms with Crippen LogP contribution >= 0.6 is 11.3 Å². The van der Waals surface area contributed by atoms with Gasteiger partial charge in [-0.1, -0.05) is 140 Å². The highest BCUT2D eigenvalue weighted by Crippen LogP contribution is 2.44. The van der Waals surface area contributed by atoms with Crippen molar-refractivity contribution in [2.45, 2.75) is 0 Å². The quantitative estimate of drug-likeness (QED) is 0.174. The summed E-state index contributed by atoms with van der Waals surface area (Å²) in [5.41, 5.74) is 9.78. The topological polar surface area (TPSA) is 56.7 Å². The van der Waals surface area contributed by atoms with Gasteiger partial charge in [0.15, 0.2) is 17.5 Å². The summed E-state index contributed by atoms with van der Waals surface area (Å²) in [6.45, 7) is 0. The van der Waals surface area contributed by atoms with Crippen LogP contribution in [0.3, 0.4) is 0 Å². The molecule has 0 aliphatic rings. The molecular formula is C55H32N4OS. The lowest BCUT2D eigenvalue weighted by molar-refractivity contribution is 0.670. The molecule has 4 aromatic heterocycles. The molecule has 0 saturated heterocycles. The first-order valence-electron chi connectivity index (χ1n) is 20.4.